The molecule has 0 bridgehead atoms. The Hall–Kier alpha value is -3.59. The summed E-state index contributed by atoms with van der Waals surface area (Å²) in [4.78, 5) is 37.4. The molecule has 9 heteroatoms. The predicted molar refractivity (Wildman–Crippen MR) is 114 cm³/mol. The molecule has 1 N–H and O–H groups in total. The van der Waals surface area contributed by atoms with E-state index < -0.39 is 17.9 Å². The lowest BCUT2D eigenvalue weighted by Crippen LogP contribution is -2.30. The van der Waals surface area contributed by atoms with Gasteiger partial charge in [0.1, 0.15) is 23.0 Å². The van der Waals surface area contributed by atoms with Crippen molar-refractivity contribution in [2.24, 2.45) is 0 Å². The highest BCUT2D eigenvalue weighted by molar-refractivity contribution is 9.10. The first-order valence-corrected chi connectivity index (χ1v) is 10.0. The van der Waals surface area contributed by atoms with E-state index in [-0.39, 0.29) is 23.8 Å². The number of amides is 3. The molecule has 1 saturated heterocycles. The number of aryl methyl sites for hydroxylation is 1. The van der Waals surface area contributed by atoms with Gasteiger partial charge in [0.25, 0.3) is 5.91 Å². The second kappa shape index (κ2) is 8.27. The molecule has 31 heavy (non-hydrogen) atoms. The van der Waals surface area contributed by atoms with Gasteiger partial charge in [-0.1, -0.05) is 22.0 Å². The van der Waals surface area contributed by atoms with Crippen LogP contribution in [0.3, 0.4) is 0 Å². The number of furan rings is 2. The van der Waals surface area contributed by atoms with Crippen molar-refractivity contribution in [2.75, 3.05) is 7.11 Å². The Morgan fingerprint density at radius 1 is 1.16 bits per heavy atom. The van der Waals surface area contributed by atoms with Crippen molar-refractivity contribution in [2.45, 2.75) is 13.5 Å². The minimum atomic E-state index is -0.641. The van der Waals surface area contributed by atoms with Crippen LogP contribution in [0.5, 0.6) is 0 Å². The van der Waals surface area contributed by atoms with Gasteiger partial charge >= 0.3 is 12.0 Å². The molecular formula is C22H17BrN2O6. The summed E-state index contributed by atoms with van der Waals surface area (Å²) >= 11 is 3.52. The lowest BCUT2D eigenvalue weighted by molar-refractivity contribution is -0.123. The quantitative estimate of drug-likeness (QED) is 0.325. The minimum absolute atomic E-state index is 0.00861. The third kappa shape index (κ3) is 4.17. The number of nitrogens with one attached hydrogen (secondary N) is 1. The molecule has 3 amide bonds. The van der Waals surface area contributed by atoms with Gasteiger partial charge in [0.15, 0.2) is 0 Å². The number of rotatable bonds is 5. The summed E-state index contributed by atoms with van der Waals surface area (Å²) < 4.78 is 16.6. The van der Waals surface area contributed by atoms with Gasteiger partial charge in [-0.15, -0.1) is 0 Å². The van der Waals surface area contributed by atoms with Crippen molar-refractivity contribution < 1.29 is 28.0 Å². The van der Waals surface area contributed by atoms with Gasteiger partial charge in [-0.3, -0.25) is 9.69 Å². The Labute approximate surface area is 185 Å². The summed E-state index contributed by atoms with van der Waals surface area (Å²) in [6.07, 6.45) is 1.47. The number of carbonyl (C=O) groups is 3. The van der Waals surface area contributed by atoms with Gasteiger partial charge in [-0.05, 0) is 48.9 Å². The average molecular weight is 485 g/mol. The Bertz CT molecular complexity index is 1220. The number of methoxy groups -OCH3 is 1. The number of esters is 1. The largest absolute Gasteiger partial charge is 0.463 e. The molecule has 3 heterocycles. The Balaban J connectivity index is 1.51. The molecular weight excluding hydrogens is 468 g/mol. The van der Waals surface area contributed by atoms with Crippen molar-refractivity contribution in [1.82, 2.24) is 10.2 Å². The highest BCUT2D eigenvalue weighted by Crippen LogP contribution is 2.31. The molecule has 4 rings (SSSR count). The predicted octanol–water partition coefficient (Wildman–Crippen LogP) is 4.49. The van der Waals surface area contributed by atoms with Crippen molar-refractivity contribution in [3.63, 3.8) is 0 Å². The van der Waals surface area contributed by atoms with Gasteiger partial charge in [-0.2, -0.15) is 0 Å². The first-order valence-electron chi connectivity index (χ1n) is 9.23. The molecule has 0 unspecified atom stereocenters. The molecule has 0 spiro atoms. The topological polar surface area (TPSA) is 102 Å². The maximum Gasteiger partial charge on any atom is 0.373 e. The highest BCUT2D eigenvalue weighted by Gasteiger charge is 2.34. The first-order chi connectivity index (χ1) is 14.9. The van der Waals surface area contributed by atoms with Crippen LogP contribution in [0.2, 0.25) is 0 Å². The number of urea groups is 1. The maximum atomic E-state index is 12.7. The van der Waals surface area contributed by atoms with E-state index in [1.165, 1.54) is 25.3 Å². The Morgan fingerprint density at radius 2 is 1.97 bits per heavy atom. The number of benzene rings is 1. The van der Waals surface area contributed by atoms with Gasteiger partial charge < -0.3 is 18.9 Å². The smallest absolute Gasteiger partial charge is 0.373 e. The molecule has 1 aromatic carbocycles. The summed E-state index contributed by atoms with van der Waals surface area (Å²) in [6, 6.07) is 11.7. The standard InChI is InChI=1S/C22H17BrN2O6/c1-12-3-6-15(16(23)9-12)18-7-4-13(30-18)10-17-20(26)25(22(28)24-17)11-14-5-8-19(31-14)21(27)29-2/h3-10H,11H2,1-2H3,(H,24,28)/b17-10-. The fourth-order valence-corrected chi connectivity index (χ4v) is 3.77. The van der Waals surface area contributed by atoms with Gasteiger partial charge in [0, 0.05) is 16.1 Å². The van der Waals surface area contributed by atoms with Gasteiger partial charge in [0.05, 0.1) is 13.7 Å². The third-order valence-electron chi connectivity index (χ3n) is 4.63. The molecule has 1 fully saturated rings. The van der Waals surface area contributed by atoms with E-state index >= 15 is 0 Å². The number of hydrogen-bond acceptors (Lipinski definition) is 6. The van der Waals surface area contributed by atoms with E-state index in [1.807, 2.05) is 25.1 Å². The Kier molecular flexibility index (Phi) is 5.51. The molecule has 158 valence electrons. The molecule has 3 aromatic rings. The molecule has 0 saturated carbocycles. The zero-order chi connectivity index (χ0) is 22.1. The number of imide groups is 1. The van der Waals surface area contributed by atoms with E-state index in [9.17, 15) is 14.4 Å². The first kappa shape index (κ1) is 20.7. The molecule has 2 aromatic heterocycles. The fraction of sp³-hybridized carbons (Fsp3) is 0.136. The summed E-state index contributed by atoms with van der Waals surface area (Å²) in [5.41, 5.74) is 2.06. The van der Waals surface area contributed by atoms with Crippen LogP contribution in [0.1, 0.15) is 27.6 Å². The van der Waals surface area contributed by atoms with Crippen LogP contribution in [0.4, 0.5) is 4.79 Å². The summed E-state index contributed by atoms with van der Waals surface area (Å²) in [5, 5.41) is 2.53. The second-order valence-electron chi connectivity index (χ2n) is 6.82. The third-order valence-corrected chi connectivity index (χ3v) is 5.28. The molecule has 1 aliphatic heterocycles. The minimum Gasteiger partial charge on any atom is -0.463 e. The maximum absolute atomic E-state index is 12.7. The van der Waals surface area contributed by atoms with E-state index in [2.05, 4.69) is 26.0 Å². The van der Waals surface area contributed by atoms with Crippen LogP contribution in [-0.2, 0) is 16.1 Å². The van der Waals surface area contributed by atoms with Crippen LogP contribution in [-0.4, -0.2) is 29.9 Å². The zero-order valence-electron chi connectivity index (χ0n) is 16.6. The number of halogens is 1. The van der Waals surface area contributed by atoms with Crippen LogP contribution < -0.4 is 5.32 Å². The average Bonchev–Trinajstić information content (AvgIpc) is 3.45. The van der Waals surface area contributed by atoms with E-state index in [0.717, 1.165) is 20.5 Å². The fourth-order valence-electron chi connectivity index (χ4n) is 3.08. The summed E-state index contributed by atoms with van der Waals surface area (Å²) in [5.74, 6) is 0.131. The van der Waals surface area contributed by atoms with Crippen LogP contribution in [0.15, 0.2) is 61.5 Å². The number of hydrogen-bond donors (Lipinski definition) is 1. The number of carbonyl (C=O) groups excluding carboxylic acids is 3. The monoisotopic (exact) mass is 484 g/mol. The van der Waals surface area contributed by atoms with E-state index in [4.69, 9.17) is 8.83 Å². The SMILES string of the molecule is COC(=O)c1ccc(CN2C(=O)N/C(=C\c3ccc(-c4ccc(C)cc4Br)o3)C2=O)o1. The highest BCUT2D eigenvalue weighted by atomic mass is 79.9. The van der Waals surface area contributed by atoms with E-state index in [1.54, 1.807) is 12.1 Å². The van der Waals surface area contributed by atoms with Gasteiger partial charge in [-0.25, -0.2) is 9.59 Å². The Morgan fingerprint density at radius 3 is 2.71 bits per heavy atom. The lowest BCUT2D eigenvalue weighted by atomic mass is 10.1. The second-order valence-corrected chi connectivity index (χ2v) is 7.68. The van der Waals surface area contributed by atoms with Crippen molar-refractivity contribution in [3.05, 3.63) is 75.5 Å². The van der Waals surface area contributed by atoms with Crippen molar-refractivity contribution in [3.8, 4) is 11.3 Å². The van der Waals surface area contributed by atoms with Crippen LogP contribution >= 0.6 is 15.9 Å². The molecule has 8 nitrogen and oxygen atoms in total. The van der Waals surface area contributed by atoms with Crippen molar-refractivity contribution in [1.29, 1.82) is 0 Å². The van der Waals surface area contributed by atoms with E-state index in [0.29, 0.717) is 11.5 Å². The van der Waals surface area contributed by atoms with Gasteiger partial charge in [0.2, 0.25) is 5.76 Å². The molecule has 1 aliphatic rings. The molecule has 0 radical (unpaired) electrons. The zero-order valence-corrected chi connectivity index (χ0v) is 18.2. The number of ether oxygens (including phenoxy) is 1. The molecule has 0 atom stereocenters. The van der Waals surface area contributed by atoms with Crippen LogP contribution in [0, 0.1) is 6.92 Å². The summed E-state index contributed by atoms with van der Waals surface area (Å²) in [6.45, 7) is 1.87. The normalized spacial score (nSPS) is 14.9. The van der Waals surface area contributed by atoms with Crippen molar-refractivity contribution >= 4 is 39.9 Å². The lowest BCUT2D eigenvalue weighted by Gasteiger charge is -2.09. The molecule has 0 aliphatic carbocycles. The van der Waals surface area contributed by atoms with Crippen LogP contribution in [0.25, 0.3) is 17.4 Å². The number of nitrogens with zero attached hydrogens (tertiary/aromatic N) is 1. The summed E-state index contributed by atoms with van der Waals surface area (Å²) in [7, 11) is 1.23.